The van der Waals surface area contributed by atoms with E-state index in [4.69, 9.17) is 0 Å². The van der Waals surface area contributed by atoms with Gasteiger partial charge in [0.05, 0.1) is 16.7 Å². The maximum absolute atomic E-state index is 4.62. The number of thioether (sulfide) groups is 2. The number of nitrogens with one attached hydrogen (secondary N) is 1. The maximum atomic E-state index is 4.62. The zero-order chi connectivity index (χ0) is 19.0. The van der Waals surface area contributed by atoms with Crippen molar-refractivity contribution in [3.05, 3.63) is 84.2 Å². The second-order valence-electron chi connectivity index (χ2n) is 6.62. The van der Waals surface area contributed by atoms with Crippen LogP contribution in [-0.4, -0.2) is 20.7 Å². The molecule has 4 rings (SSSR count). The molecular weight excluding hydrogens is 382 g/mol. The normalized spacial score (nSPS) is 11.1. The molecular formula is C23H23N3S2. The number of benzene rings is 2. The minimum atomic E-state index is 0.822. The molecule has 0 bridgehead atoms. The smallest absolute Gasteiger partial charge is 0.166 e. The standard InChI is InChI=1S/C23H23N3S2/c1-2-8-18(9-3-1)10-6-7-15-27-20-13-14-24-19(16-20)17-28-23-25-21-11-4-5-12-22(21)26-23/h1-5,8-9,11-14,16H,6-7,10,15,17H2,(H,25,26). The summed E-state index contributed by atoms with van der Waals surface area (Å²) >= 11 is 3.62. The molecule has 0 aliphatic rings. The number of hydrogen-bond acceptors (Lipinski definition) is 4. The van der Waals surface area contributed by atoms with Gasteiger partial charge in [0, 0.05) is 16.8 Å². The van der Waals surface area contributed by atoms with Gasteiger partial charge in [0.1, 0.15) is 0 Å². The number of rotatable bonds is 9. The van der Waals surface area contributed by atoms with Crippen molar-refractivity contribution in [1.29, 1.82) is 0 Å². The van der Waals surface area contributed by atoms with Crippen LogP contribution in [0.1, 0.15) is 24.1 Å². The second kappa shape index (κ2) is 9.80. The van der Waals surface area contributed by atoms with Crippen molar-refractivity contribution in [3.8, 4) is 0 Å². The summed E-state index contributed by atoms with van der Waals surface area (Å²) < 4.78 is 0. The van der Waals surface area contributed by atoms with E-state index in [1.54, 1.807) is 11.8 Å². The minimum absolute atomic E-state index is 0.822. The highest BCUT2D eigenvalue weighted by Crippen LogP contribution is 2.25. The summed E-state index contributed by atoms with van der Waals surface area (Å²) in [5.41, 5.74) is 4.62. The Morgan fingerprint density at radius 2 is 1.71 bits per heavy atom. The fourth-order valence-electron chi connectivity index (χ4n) is 3.03. The topological polar surface area (TPSA) is 41.6 Å². The lowest BCUT2D eigenvalue weighted by Crippen LogP contribution is -1.90. The van der Waals surface area contributed by atoms with Gasteiger partial charge in [0.15, 0.2) is 5.16 Å². The first-order valence-electron chi connectivity index (χ1n) is 9.56. The summed E-state index contributed by atoms with van der Waals surface area (Å²) in [5, 5.41) is 0.946. The molecule has 3 nitrogen and oxygen atoms in total. The van der Waals surface area contributed by atoms with Gasteiger partial charge in [-0.25, -0.2) is 4.98 Å². The highest BCUT2D eigenvalue weighted by atomic mass is 32.2. The van der Waals surface area contributed by atoms with Gasteiger partial charge in [-0.05, 0) is 54.8 Å². The fraction of sp³-hybridized carbons (Fsp3) is 0.217. The number of para-hydroxylation sites is 2. The Morgan fingerprint density at radius 3 is 2.61 bits per heavy atom. The number of H-pyrrole nitrogens is 1. The van der Waals surface area contributed by atoms with Gasteiger partial charge in [-0.15, -0.1) is 11.8 Å². The molecule has 5 heteroatoms. The van der Waals surface area contributed by atoms with Crippen molar-refractivity contribution in [2.24, 2.45) is 0 Å². The molecule has 4 aromatic rings. The molecule has 2 aromatic heterocycles. The first-order chi connectivity index (χ1) is 13.9. The first kappa shape index (κ1) is 19.1. The van der Waals surface area contributed by atoms with E-state index in [0.29, 0.717) is 0 Å². The van der Waals surface area contributed by atoms with Crippen molar-refractivity contribution in [2.75, 3.05) is 5.75 Å². The number of nitrogens with zero attached hydrogens (tertiary/aromatic N) is 2. The predicted octanol–water partition coefficient (Wildman–Crippen LogP) is 6.37. The van der Waals surface area contributed by atoms with Gasteiger partial charge in [-0.1, -0.05) is 54.2 Å². The fourth-order valence-corrected chi connectivity index (χ4v) is 4.78. The van der Waals surface area contributed by atoms with Gasteiger partial charge in [0.25, 0.3) is 0 Å². The van der Waals surface area contributed by atoms with Gasteiger partial charge in [-0.3, -0.25) is 4.98 Å². The number of unbranched alkanes of at least 4 members (excludes halogenated alkanes) is 1. The van der Waals surface area contributed by atoms with Crippen molar-refractivity contribution >= 4 is 34.6 Å². The van der Waals surface area contributed by atoms with E-state index in [9.17, 15) is 0 Å². The summed E-state index contributed by atoms with van der Waals surface area (Å²) in [4.78, 5) is 13.8. The molecule has 0 fully saturated rings. The molecule has 1 N–H and O–H groups in total. The van der Waals surface area contributed by atoms with Crippen LogP contribution >= 0.6 is 23.5 Å². The number of aromatic amines is 1. The maximum Gasteiger partial charge on any atom is 0.166 e. The lowest BCUT2D eigenvalue weighted by Gasteiger charge is -2.05. The van der Waals surface area contributed by atoms with Crippen LogP contribution in [0.25, 0.3) is 11.0 Å². The molecule has 0 spiro atoms. The Morgan fingerprint density at radius 1 is 0.857 bits per heavy atom. The Hall–Kier alpha value is -2.24. The molecule has 0 saturated heterocycles. The molecule has 2 heterocycles. The summed E-state index contributed by atoms with van der Waals surface area (Å²) in [5.74, 6) is 1.97. The van der Waals surface area contributed by atoms with E-state index in [2.05, 4.69) is 63.5 Å². The van der Waals surface area contributed by atoms with Crippen LogP contribution < -0.4 is 0 Å². The SMILES string of the molecule is c1ccc(CCCCSc2ccnc(CSc3nc4ccccc4[nH]3)c2)cc1. The minimum Gasteiger partial charge on any atom is -0.333 e. The highest BCUT2D eigenvalue weighted by Gasteiger charge is 2.05. The lowest BCUT2D eigenvalue weighted by molar-refractivity contribution is 0.802. The van der Waals surface area contributed by atoms with Crippen LogP contribution in [-0.2, 0) is 12.2 Å². The van der Waals surface area contributed by atoms with Gasteiger partial charge in [0.2, 0.25) is 0 Å². The zero-order valence-corrected chi connectivity index (χ0v) is 17.3. The van der Waals surface area contributed by atoms with Crippen LogP contribution in [0.5, 0.6) is 0 Å². The van der Waals surface area contributed by atoms with E-state index in [1.165, 1.54) is 23.3 Å². The molecule has 0 atom stereocenters. The quantitative estimate of drug-likeness (QED) is 0.260. The highest BCUT2D eigenvalue weighted by molar-refractivity contribution is 7.99. The van der Waals surface area contributed by atoms with Crippen molar-refractivity contribution < 1.29 is 0 Å². The number of fused-ring (bicyclic) bond motifs is 1. The Bertz CT molecular complexity index is 981. The van der Waals surface area contributed by atoms with Crippen LogP contribution in [0, 0.1) is 0 Å². The predicted molar refractivity (Wildman–Crippen MR) is 120 cm³/mol. The van der Waals surface area contributed by atoms with Gasteiger partial charge < -0.3 is 4.98 Å². The van der Waals surface area contributed by atoms with Crippen LogP contribution in [0.15, 0.2) is 83.0 Å². The van der Waals surface area contributed by atoms with Gasteiger partial charge in [-0.2, -0.15) is 0 Å². The first-order valence-corrected chi connectivity index (χ1v) is 11.5. The molecule has 142 valence electrons. The Labute approximate surface area is 174 Å². The third-order valence-corrected chi connectivity index (χ3v) is 6.47. The molecule has 2 aromatic carbocycles. The number of aryl methyl sites for hydroxylation is 1. The van der Waals surface area contributed by atoms with E-state index in [-0.39, 0.29) is 0 Å². The van der Waals surface area contributed by atoms with Crippen LogP contribution in [0.2, 0.25) is 0 Å². The summed E-state index contributed by atoms with van der Waals surface area (Å²) in [6.07, 6.45) is 5.54. The average Bonchev–Trinajstić information content (AvgIpc) is 3.16. The van der Waals surface area contributed by atoms with Crippen molar-refractivity contribution in [1.82, 2.24) is 15.0 Å². The molecule has 0 amide bonds. The average molecular weight is 406 g/mol. The molecule has 28 heavy (non-hydrogen) atoms. The molecule has 0 aliphatic heterocycles. The van der Waals surface area contributed by atoms with E-state index in [0.717, 1.165) is 39.8 Å². The van der Waals surface area contributed by atoms with E-state index >= 15 is 0 Å². The number of hydrogen-bond donors (Lipinski definition) is 1. The lowest BCUT2D eigenvalue weighted by atomic mass is 10.1. The Balaban J connectivity index is 1.23. The molecule has 0 unspecified atom stereocenters. The van der Waals surface area contributed by atoms with Gasteiger partial charge >= 0.3 is 0 Å². The third-order valence-electron chi connectivity index (χ3n) is 4.48. The largest absolute Gasteiger partial charge is 0.333 e. The third kappa shape index (κ3) is 5.40. The number of aromatic nitrogens is 3. The van der Waals surface area contributed by atoms with Crippen molar-refractivity contribution in [2.45, 2.75) is 35.1 Å². The molecule has 0 aliphatic carbocycles. The van der Waals surface area contributed by atoms with Crippen molar-refractivity contribution in [3.63, 3.8) is 0 Å². The zero-order valence-electron chi connectivity index (χ0n) is 15.7. The number of pyridine rings is 1. The van der Waals surface area contributed by atoms with Crippen LogP contribution in [0.3, 0.4) is 0 Å². The summed E-state index contributed by atoms with van der Waals surface area (Å²) in [7, 11) is 0. The summed E-state index contributed by atoms with van der Waals surface area (Å²) in [6.45, 7) is 0. The monoisotopic (exact) mass is 405 g/mol. The van der Waals surface area contributed by atoms with E-state index in [1.807, 2.05) is 36.2 Å². The van der Waals surface area contributed by atoms with E-state index < -0.39 is 0 Å². The summed E-state index contributed by atoms with van der Waals surface area (Å²) in [6, 6.07) is 23.2. The molecule has 0 saturated carbocycles. The molecule has 0 radical (unpaired) electrons. The second-order valence-corrected chi connectivity index (χ2v) is 8.75. The van der Waals surface area contributed by atoms with Crippen LogP contribution in [0.4, 0.5) is 0 Å². The Kier molecular flexibility index (Phi) is 6.68. The number of imidazole rings is 1.